The number of aromatic nitrogens is 1. The summed E-state index contributed by atoms with van der Waals surface area (Å²) in [5.74, 6) is -1.19. The summed E-state index contributed by atoms with van der Waals surface area (Å²) in [6, 6.07) is 0. The molecule has 0 radical (unpaired) electrons. The molecule has 3 nitrogen and oxygen atoms in total. The molecule has 2 aliphatic rings. The zero-order chi connectivity index (χ0) is 10.5. The maximum Gasteiger partial charge on any atom is 0.229 e. The molecule has 1 unspecified atom stereocenters. The van der Waals surface area contributed by atoms with Crippen LogP contribution in [0, 0.1) is 0 Å². The third-order valence-corrected chi connectivity index (χ3v) is 3.58. The molecule has 0 amide bonds. The fourth-order valence-corrected chi connectivity index (χ4v) is 2.71. The number of pyridine rings is 1. The summed E-state index contributed by atoms with van der Waals surface area (Å²) in [5.41, 5.74) is 1.63. The summed E-state index contributed by atoms with van der Waals surface area (Å²) in [6.07, 6.45) is 2.47. The van der Waals surface area contributed by atoms with Gasteiger partial charge in [-0.3, -0.25) is 4.98 Å². The zero-order valence-electron chi connectivity index (χ0n) is 7.87. The largest absolute Gasteiger partial charge is 0.341 e. The number of nitrogens with zero attached hydrogens (tertiary/aromatic N) is 1. The summed E-state index contributed by atoms with van der Waals surface area (Å²) in [7, 11) is 0. The minimum atomic E-state index is -1.19. The van der Waals surface area contributed by atoms with E-state index in [1.807, 2.05) is 0 Å². The number of fused-ring (bicyclic) bond motifs is 2. The fraction of sp³-hybridized carbons (Fsp3) is 0.500. The van der Waals surface area contributed by atoms with Gasteiger partial charge in [-0.2, -0.15) is 0 Å². The number of hydrogen-bond donors (Lipinski definition) is 0. The minimum Gasteiger partial charge on any atom is -0.341 e. The first-order valence-corrected chi connectivity index (χ1v) is 5.58. The highest BCUT2D eigenvalue weighted by atomic mass is 79.9. The van der Waals surface area contributed by atoms with Crippen molar-refractivity contribution in [2.45, 2.75) is 18.4 Å². The third-order valence-electron chi connectivity index (χ3n) is 2.89. The van der Waals surface area contributed by atoms with Gasteiger partial charge in [0.2, 0.25) is 5.79 Å². The number of rotatable bonds is 0. The van der Waals surface area contributed by atoms with Crippen LogP contribution >= 0.6 is 15.9 Å². The summed E-state index contributed by atoms with van der Waals surface area (Å²) in [4.78, 5) is 4.04. The smallest absolute Gasteiger partial charge is 0.229 e. The van der Waals surface area contributed by atoms with E-state index in [9.17, 15) is 4.39 Å². The summed E-state index contributed by atoms with van der Waals surface area (Å²) >= 11 is 3.36. The first kappa shape index (κ1) is 9.69. The van der Waals surface area contributed by atoms with Crippen LogP contribution in [-0.2, 0) is 21.7 Å². The van der Waals surface area contributed by atoms with E-state index in [2.05, 4.69) is 20.9 Å². The SMILES string of the molecule is FC1Cc2c(Br)cncc2C12OCCO2. The molecule has 1 aromatic rings. The van der Waals surface area contributed by atoms with Crippen molar-refractivity contribution >= 4 is 15.9 Å². The molecule has 1 aliphatic heterocycles. The van der Waals surface area contributed by atoms with Gasteiger partial charge in [-0.1, -0.05) is 0 Å². The molecule has 1 aliphatic carbocycles. The van der Waals surface area contributed by atoms with E-state index in [4.69, 9.17) is 9.47 Å². The number of hydrogen-bond acceptors (Lipinski definition) is 3. The number of halogens is 2. The van der Waals surface area contributed by atoms with E-state index in [0.717, 1.165) is 15.6 Å². The Bertz CT molecular complexity index is 406. The zero-order valence-corrected chi connectivity index (χ0v) is 9.46. The molecule has 0 N–H and O–H groups in total. The normalized spacial score (nSPS) is 27.2. The summed E-state index contributed by atoms with van der Waals surface area (Å²) in [5, 5.41) is 0. The van der Waals surface area contributed by atoms with Crippen LogP contribution in [0.1, 0.15) is 11.1 Å². The van der Waals surface area contributed by atoms with Crippen molar-refractivity contribution in [1.29, 1.82) is 0 Å². The molecule has 1 saturated heterocycles. The van der Waals surface area contributed by atoms with Crippen LogP contribution in [-0.4, -0.2) is 24.4 Å². The Balaban J connectivity index is 2.17. The second-order valence-corrected chi connectivity index (χ2v) is 4.54. The van der Waals surface area contributed by atoms with Gasteiger partial charge in [0.15, 0.2) is 6.17 Å². The van der Waals surface area contributed by atoms with Crippen molar-refractivity contribution in [3.63, 3.8) is 0 Å². The topological polar surface area (TPSA) is 31.4 Å². The van der Waals surface area contributed by atoms with Gasteiger partial charge in [0, 0.05) is 28.9 Å². The molecule has 0 bridgehead atoms. The molecule has 3 rings (SSSR count). The summed E-state index contributed by atoms with van der Waals surface area (Å²) < 4.78 is 25.7. The molecule has 1 spiro atoms. The van der Waals surface area contributed by atoms with Gasteiger partial charge in [-0.05, 0) is 21.5 Å². The van der Waals surface area contributed by atoms with Gasteiger partial charge >= 0.3 is 0 Å². The van der Waals surface area contributed by atoms with E-state index >= 15 is 0 Å². The van der Waals surface area contributed by atoms with Crippen molar-refractivity contribution in [1.82, 2.24) is 4.98 Å². The van der Waals surface area contributed by atoms with Crippen LogP contribution in [0.2, 0.25) is 0 Å². The molecule has 1 atom stereocenters. The van der Waals surface area contributed by atoms with Crippen molar-refractivity contribution in [3.8, 4) is 0 Å². The molecule has 5 heteroatoms. The Hall–Kier alpha value is -0.520. The highest BCUT2D eigenvalue weighted by Gasteiger charge is 2.53. The molecular weight excluding hydrogens is 265 g/mol. The van der Waals surface area contributed by atoms with E-state index < -0.39 is 12.0 Å². The monoisotopic (exact) mass is 273 g/mol. The molecule has 15 heavy (non-hydrogen) atoms. The predicted molar refractivity (Wildman–Crippen MR) is 54.1 cm³/mol. The lowest BCUT2D eigenvalue weighted by molar-refractivity contribution is -0.200. The molecule has 1 aromatic heterocycles. The second-order valence-electron chi connectivity index (χ2n) is 3.68. The Morgan fingerprint density at radius 1 is 1.40 bits per heavy atom. The van der Waals surface area contributed by atoms with E-state index in [1.165, 1.54) is 0 Å². The Kier molecular flexibility index (Phi) is 2.09. The van der Waals surface area contributed by atoms with Crippen molar-refractivity contribution in [2.75, 3.05) is 13.2 Å². The van der Waals surface area contributed by atoms with E-state index in [-0.39, 0.29) is 0 Å². The van der Waals surface area contributed by atoms with Crippen LogP contribution in [0.5, 0.6) is 0 Å². The quantitative estimate of drug-likeness (QED) is 0.724. The Morgan fingerprint density at radius 3 is 2.87 bits per heavy atom. The molecule has 80 valence electrons. The van der Waals surface area contributed by atoms with E-state index in [0.29, 0.717) is 19.6 Å². The predicted octanol–water partition coefficient (Wildman–Crippen LogP) is 1.94. The first-order chi connectivity index (χ1) is 7.24. The van der Waals surface area contributed by atoms with Gasteiger partial charge in [0.1, 0.15) is 0 Å². The minimum absolute atomic E-state index is 0.318. The first-order valence-electron chi connectivity index (χ1n) is 4.79. The molecule has 2 heterocycles. The fourth-order valence-electron chi connectivity index (χ4n) is 2.22. The highest BCUT2D eigenvalue weighted by molar-refractivity contribution is 9.10. The van der Waals surface area contributed by atoms with Gasteiger partial charge in [0.25, 0.3) is 0 Å². The number of ether oxygens (including phenoxy) is 2. The van der Waals surface area contributed by atoms with Crippen molar-refractivity contribution < 1.29 is 13.9 Å². The van der Waals surface area contributed by atoms with E-state index in [1.54, 1.807) is 12.4 Å². The van der Waals surface area contributed by atoms with Gasteiger partial charge in [-0.25, -0.2) is 4.39 Å². The van der Waals surface area contributed by atoms with Crippen molar-refractivity contribution in [3.05, 3.63) is 28.0 Å². The van der Waals surface area contributed by atoms with Crippen LogP contribution in [0.15, 0.2) is 16.9 Å². The molecule has 0 aromatic carbocycles. The van der Waals surface area contributed by atoms with Gasteiger partial charge in [-0.15, -0.1) is 0 Å². The highest BCUT2D eigenvalue weighted by Crippen LogP contribution is 2.46. The molecule has 0 saturated carbocycles. The maximum atomic E-state index is 14.0. The maximum absolute atomic E-state index is 14.0. The number of alkyl halides is 1. The molecular formula is C10H9BrFNO2. The Labute approximate surface area is 94.7 Å². The lowest BCUT2D eigenvalue weighted by atomic mass is 10.1. The van der Waals surface area contributed by atoms with Gasteiger partial charge < -0.3 is 9.47 Å². The molecule has 1 fully saturated rings. The summed E-state index contributed by atoms with van der Waals surface area (Å²) in [6.45, 7) is 0.874. The standard InChI is InChI=1S/C10H9BrFNO2/c11-8-5-13-4-7-6(8)3-9(12)10(7)14-1-2-15-10/h4-5,9H,1-3H2. The lowest BCUT2D eigenvalue weighted by Crippen LogP contribution is -2.34. The average Bonchev–Trinajstić information content (AvgIpc) is 2.79. The van der Waals surface area contributed by atoms with Crippen LogP contribution in [0.25, 0.3) is 0 Å². The third kappa shape index (κ3) is 1.20. The van der Waals surface area contributed by atoms with Crippen LogP contribution < -0.4 is 0 Å². The second kappa shape index (κ2) is 3.23. The lowest BCUT2D eigenvalue weighted by Gasteiger charge is -2.24. The van der Waals surface area contributed by atoms with Gasteiger partial charge in [0.05, 0.1) is 13.2 Å². The Morgan fingerprint density at radius 2 is 2.13 bits per heavy atom. The van der Waals surface area contributed by atoms with Crippen LogP contribution in [0.4, 0.5) is 4.39 Å². The van der Waals surface area contributed by atoms with Crippen molar-refractivity contribution in [2.24, 2.45) is 0 Å². The van der Waals surface area contributed by atoms with Crippen LogP contribution in [0.3, 0.4) is 0 Å². The average molecular weight is 274 g/mol.